The van der Waals surface area contributed by atoms with Crippen LogP contribution in [0.15, 0.2) is 48.5 Å². The molecule has 0 fully saturated rings. The van der Waals surface area contributed by atoms with Crippen molar-refractivity contribution in [3.63, 3.8) is 0 Å². The third kappa shape index (κ3) is 3.80. The Morgan fingerprint density at radius 1 is 1.00 bits per heavy atom. The molecule has 0 aliphatic rings. The first kappa shape index (κ1) is 15.5. The zero-order valence-electron chi connectivity index (χ0n) is 11.1. The van der Waals surface area contributed by atoms with Gasteiger partial charge in [0.15, 0.2) is 0 Å². The van der Waals surface area contributed by atoms with E-state index in [2.05, 4.69) is 10.6 Å². The number of hydrogen-bond donors (Lipinski definition) is 2. The maximum Gasteiger partial charge on any atom is 0.314 e. The van der Waals surface area contributed by atoms with E-state index in [1.54, 1.807) is 24.3 Å². The van der Waals surface area contributed by atoms with Gasteiger partial charge in [-0.3, -0.25) is 19.7 Å². The molecule has 2 amide bonds. The highest BCUT2D eigenvalue weighted by Crippen LogP contribution is 2.20. The molecule has 2 aromatic carbocycles. The summed E-state index contributed by atoms with van der Waals surface area (Å²) in [5.74, 6) is -1.89. The van der Waals surface area contributed by atoms with Gasteiger partial charge in [0.05, 0.1) is 15.6 Å². The van der Waals surface area contributed by atoms with E-state index in [1.807, 2.05) is 0 Å². The molecule has 0 radical (unpaired) electrons. The first-order chi connectivity index (χ1) is 10.5. The summed E-state index contributed by atoms with van der Waals surface area (Å²) in [6, 6.07) is 11.7. The number of carbonyl (C=O) groups excluding carboxylic acids is 2. The van der Waals surface area contributed by atoms with Gasteiger partial charge < -0.3 is 10.6 Å². The Bertz CT molecular complexity index is 748. The molecule has 0 heterocycles. The lowest BCUT2D eigenvalue weighted by atomic mass is 10.2. The minimum atomic E-state index is -0.958. The Hall–Kier alpha value is -2.93. The predicted octanol–water partition coefficient (Wildman–Crippen LogP) is 2.83. The van der Waals surface area contributed by atoms with Crippen molar-refractivity contribution in [3.05, 3.63) is 63.7 Å². The Balaban J connectivity index is 2.06. The average molecular weight is 320 g/mol. The van der Waals surface area contributed by atoms with Crippen molar-refractivity contribution < 1.29 is 14.5 Å². The molecule has 0 aromatic heterocycles. The molecule has 2 aromatic rings. The van der Waals surface area contributed by atoms with E-state index < -0.39 is 16.7 Å². The fraction of sp³-hybridized carbons (Fsp3) is 0. The Morgan fingerprint density at radius 3 is 2.36 bits per heavy atom. The number of nitro groups is 1. The van der Waals surface area contributed by atoms with Crippen molar-refractivity contribution in [2.75, 3.05) is 10.6 Å². The van der Waals surface area contributed by atoms with Crippen LogP contribution in [0.2, 0.25) is 5.02 Å². The summed E-state index contributed by atoms with van der Waals surface area (Å²) in [6.07, 6.45) is 0. The number of anilines is 2. The Kier molecular flexibility index (Phi) is 4.70. The second kappa shape index (κ2) is 6.68. The highest BCUT2D eigenvalue weighted by atomic mass is 35.5. The molecule has 22 heavy (non-hydrogen) atoms. The van der Waals surface area contributed by atoms with Crippen LogP contribution in [0.25, 0.3) is 0 Å². The van der Waals surface area contributed by atoms with Gasteiger partial charge in [0, 0.05) is 17.8 Å². The molecule has 2 rings (SSSR count). The molecule has 0 bridgehead atoms. The van der Waals surface area contributed by atoms with Crippen LogP contribution in [0.5, 0.6) is 0 Å². The van der Waals surface area contributed by atoms with E-state index >= 15 is 0 Å². The quantitative estimate of drug-likeness (QED) is 0.516. The first-order valence-corrected chi connectivity index (χ1v) is 6.46. The lowest BCUT2D eigenvalue weighted by Crippen LogP contribution is -2.29. The third-order valence-corrected chi connectivity index (χ3v) is 2.97. The fourth-order valence-electron chi connectivity index (χ4n) is 1.63. The smallest absolute Gasteiger partial charge is 0.314 e. The van der Waals surface area contributed by atoms with Crippen molar-refractivity contribution in [1.82, 2.24) is 0 Å². The lowest BCUT2D eigenvalue weighted by Gasteiger charge is -2.07. The monoisotopic (exact) mass is 319 g/mol. The lowest BCUT2D eigenvalue weighted by molar-refractivity contribution is -0.384. The molecular weight excluding hydrogens is 310 g/mol. The summed E-state index contributed by atoms with van der Waals surface area (Å²) >= 11 is 5.87. The summed E-state index contributed by atoms with van der Waals surface area (Å²) in [7, 11) is 0. The van der Waals surface area contributed by atoms with Crippen molar-refractivity contribution in [2.24, 2.45) is 0 Å². The van der Waals surface area contributed by atoms with E-state index in [9.17, 15) is 19.7 Å². The number of para-hydroxylation sites is 1. The molecule has 0 saturated heterocycles. The molecule has 0 aliphatic carbocycles. The standard InChI is InChI=1S/C14H10ClN3O4/c15-11-6-1-2-7-12(11)17-14(20)13(19)16-9-4-3-5-10(8-9)18(21)22/h1-8H,(H,16,19)(H,17,20). The van der Waals surface area contributed by atoms with Crippen LogP contribution in [0.3, 0.4) is 0 Å². The van der Waals surface area contributed by atoms with Crippen LogP contribution in [0, 0.1) is 10.1 Å². The van der Waals surface area contributed by atoms with Crippen LogP contribution < -0.4 is 10.6 Å². The van der Waals surface area contributed by atoms with Crippen LogP contribution >= 0.6 is 11.6 Å². The van der Waals surface area contributed by atoms with Crippen LogP contribution in [0.1, 0.15) is 0 Å². The molecule has 0 unspecified atom stereocenters. The number of carbonyl (C=O) groups is 2. The zero-order chi connectivity index (χ0) is 16.1. The Labute approximate surface area is 130 Å². The summed E-state index contributed by atoms with van der Waals surface area (Å²) in [4.78, 5) is 33.6. The van der Waals surface area contributed by atoms with Crippen LogP contribution in [-0.2, 0) is 9.59 Å². The van der Waals surface area contributed by atoms with Gasteiger partial charge in [-0.15, -0.1) is 0 Å². The number of nitrogens with one attached hydrogen (secondary N) is 2. The van der Waals surface area contributed by atoms with Crippen molar-refractivity contribution in [3.8, 4) is 0 Å². The molecule has 0 spiro atoms. The van der Waals surface area contributed by atoms with Gasteiger partial charge in [-0.1, -0.05) is 29.8 Å². The van der Waals surface area contributed by atoms with Gasteiger partial charge in [0.2, 0.25) is 0 Å². The second-order valence-electron chi connectivity index (χ2n) is 4.20. The number of rotatable bonds is 3. The minimum absolute atomic E-state index is 0.147. The zero-order valence-corrected chi connectivity index (χ0v) is 11.8. The van der Waals surface area contributed by atoms with Gasteiger partial charge in [0.25, 0.3) is 5.69 Å². The summed E-state index contributed by atoms with van der Waals surface area (Å²) in [5, 5.41) is 15.6. The summed E-state index contributed by atoms with van der Waals surface area (Å²) in [5.41, 5.74) is 0.251. The topological polar surface area (TPSA) is 101 Å². The van der Waals surface area contributed by atoms with E-state index in [0.29, 0.717) is 10.7 Å². The molecule has 112 valence electrons. The number of halogens is 1. The largest absolute Gasteiger partial charge is 0.318 e. The SMILES string of the molecule is O=C(Nc1cccc([N+](=O)[O-])c1)C(=O)Nc1ccccc1Cl. The molecule has 0 aliphatic heterocycles. The number of amides is 2. The molecule has 0 saturated carbocycles. The molecule has 0 atom stereocenters. The maximum atomic E-state index is 11.8. The van der Waals surface area contributed by atoms with E-state index in [0.717, 1.165) is 6.07 Å². The average Bonchev–Trinajstić information content (AvgIpc) is 2.49. The van der Waals surface area contributed by atoms with Gasteiger partial charge in [-0.25, -0.2) is 0 Å². The van der Waals surface area contributed by atoms with E-state index in [-0.39, 0.29) is 11.4 Å². The van der Waals surface area contributed by atoms with Crippen molar-refractivity contribution in [1.29, 1.82) is 0 Å². The van der Waals surface area contributed by atoms with Crippen LogP contribution in [-0.4, -0.2) is 16.7 Å². The minimum Gasteiger partial charge on any atom is -0.318 e. The van der Waals surface area contributed by atoms with Gasteiger partial charge in [-0.2, -0.15) is 0 Å². The normalized spacial score (nSPS) is 9.86. The second-order valence-corrected chi connectivity index (χ2v) is 4.60. The number of non-ortho nitro benzene ring substituents is 1. The highest BCUT2D eigenvalue weighted by Gasteiger charge is 2.16. The molecule has 7 nitrogen and oxygen atoms in total. The number of hydrogen-bond acceptors (Lipinski definition) is 4. The molecule has 8 heteroatoms. The van der Waals surface area contributed by atoms with Crippen LogP contribution in [0.4, 0.5) is 17.1 Å². The molecular formula is C14H10ClN3O4. The molecule has 2 N–H and O–H groups in total. The Morgan fingerprint density at radius 2 is 1.68 bits per heavy atom. The third-order valence-electron chi connectivity index (χ3n) is 2.64. The summed E-state index contributed by atoms with van der Waals surface area (Å²) < 4.78 is 0. The van der Waals surface area contributed by atoms with Gasteiger partial charge in [-0.05, 0) is 18.2 Å². The van der Waals surface area contributed by atoms with Crippen molar-refractivity contribution in [2.45, 2.75) is 0 Å². The summed E-state index contributed by atoms with van der Waals surface area (Å²) in [6.45, 7) is 0. The number of benzene rings is 2. The maximum absolute atomic E-state index is 11.8. The number of nitrogens with zero attached hydrogens (tertiary/aromatic N) is 1. The van der Waals surface area contributed by atoms with Crippen molar-refractivity contribution >= 4 is 40.5 Å². The van der Waals surface area contributed by atoms with E-state index in [4.69, 9.17) is 11.6 Å². The van der Waals surface area contributed by atoms with E-state index in [1.165, 1.54) is 18.2 Å². The highest BCUT2D eigenvalue weighted by molar-refractivity contribution is 6.44. The van der Waals surface area contributed by atoms with Gasteiger partial charge in [0.1, 0.15) is 0 Å². The number of nitro benzene ring substituents is 1. The fourth-order valence-corrected chi connectivity index (χ4v) is 1.81. The first-order valence-electron chi connectivity index (χ1n) is 6.08. The predicted molar refractivity (Wildman–Crippen MR) is 81.8 cm³/mol. The van der Waals surface area contributed by atoms with Gasteiger partial charge >= 0.3 is 11.8 Å².